The van der Waals surface area contributed by atoms with Gasteiger partial charge in [-0.3, -0.25) is 4.72 Å². The van der Waals surface area contributed by atoms with Crippen LogP contribution in [-0.2, 0) is 10.0 Å². The third-order valence-corrected chi connectivity index (χ3v) is 5.83. The van der Waals surface area contributed by atoms with Crippen LogP contribution < -0.4 is 15.7 Å². The van der Waals surface area contributed by atoms with E-state index in [2.05, 4.69) is 26.0 Å². The van der Waals surface area contributed by atoms with Gasteiger partial charge in [0, 0.05) is 16.4 Å². The van der Waals surface area contributed by atoms with Crippen LogP contribution >= 0.6 is 15.9 Å². The second-order valence-electron chi connectivity index (χ2n) is 5.68. The molecule has 0 spiro atoms. The SMILES string of the molecule is CCNc1c(NS(=O)(=O)c2ccc(Br)cc2C)c(=O)oc2ccccc12. The van der Waals surface area contributed by atoms with Gasteiger partial charge in [-0.1, -0.05) is 28.1 Å². The van der Waals surface area contributed by atoms with Gasteiger partial charge in [0.25, 0.3) is 10.0 Å². The Kier molecular flexibility index (Phi) is 5.06. The maximum Gasteiger partial charge on any atom is 0.363 e. The Balaban J connectivity index is 2.17. The molecule has 0 fully saturated rings. The van der Waals surface area contributed by atoms with Crippen LogP contribution in [0.25, 0.3) is 11.0 Å². The van der Waals surface area contributed by atoms with Crippen LogP contribution in [0.5, 0.6) is 0 Å². The van der Waals surface area contributed by atoms with Gasteiger partial charge in [0.2, 0.25) is 0 Å². The van der Waals surface area contributed by atoms with E-state index in [0.717, 1.165) is 4.47 Å². The van der Waals surface area contributed by atoms with Crippen molar-refractivity contribution in [2.45, 2.75) is 18.7 Å². The Morgan fingerprint density at radius 3 is 2.54 bits per heavy atom. The Hall–Kier alpha value is -2.32. The number of para-hydroxylation sites is 1. The predicted octanol–water partition coefficient (Wildman–Crippen LogP) is 4.10. The Bertz CT molecular complexity index is 1140. The molecule has 8 heteroatoms. The van der Waals surface area contributed by atoms with Crippen molar-refractivity contribution in [1.29, 1.82) is 0 Å². The van der Waals surface area contributed by atoms with Crippen molar-refractivity contribution in [3.8, 4) is 0 Å². The molecule has 2 aromatic carbocycles. The zero-order valence-electron chi connectivity index (χ0n) is 14.2. The van der Waals surface area contributed by atoms with Crippen LogP contribution in [0.15, 0.2) is 61.0 Å². The number of rotatable bonds is 5. The van der Waals surface area contributed by atoms with Gasteiger partial charge in [-0.05, 0) is 49.7 Å². The molecule has 1 aromatic heterocycles. The van der Waals surface area contributed by atoms with Crippen LogP contribution in [0.3, 0.4) is 0 Å². The minimum absolute atomic E-state index is 0.0932. The summed E-state index contributed by atoms with van der Waals surface area (Å²) >= 11 is 3.31. The normalized spacial score (nSPS) is 11.5. The van der Waals surface area contributed by atoms with Crippen molar-refractivity contribution < 1.29 is 12.8 Å². The Labute approximate surface area is 159 Å². The molecule has 0 aliphatic heterocycles. The number of aryl methyl sites for hydroxylation is 1. The van der Waals surface area contributed by atoms with Crippen molar-refractivity contribution in [3.63, 3.8) is 0 Å². The maximum atomic E-state index is 12.8. The summed E-state index contributed by atoms with van der Waals surface area (Å²) in [5.74, 6) is 0. The first-order valence-corrected chi connectivity index (χ1v) is 10.2. The average molecular weight is 437 g/mol. The summed E-state index contributed by atoms with van der Waals surface area (Å²) in [6, 6.07) is 11.8. The van der Waals surface area contributed by atoms with E-state index in [1.165, 1.54) is 6.07 Å². The minimum atomic E-state index is -3.96. The lowest BCUT2D eigenvalue weighted by Gasteiger charge is -2.15. The lowest BCUT2D eigenvalue weighted by molar-refractivity contribution is 0.563. The fraction of sp³-hybridized carbons (Fsp3) is 0.167. The highest BCUT2D eigenvalue weighted by Crippen LogP contribution is 2.30. The number of sulfonamides is 1. The van der Waals surface area contributed by atoms with Crippen molar-refractivity contribution in [3.05, 3.63) is 62.9 Å². The maximum absolute atomic E-state index is 12.8. The number of benzene rings is 2. The molecule has 0 saturated heterocycles. The van der Waals surface area contributed by atoms with E-state index in [-0.39, 0.29) is 10.6 Å². The van der Waals surface area contributed by atoms with Gasteiger partial charge < -0.3 is 9.73 Å². The fourth-order valence-corrected chi connectivity index (χ4v) is 4.48. The molecule has 3 rings (SSSR count). The first kappa shape index (κ1) is 18.5. The third kappa shape index (κ3) is 3.47. The quantitative estimate of drug-likeness (QED) is 0.587. The molecule has 0 radical (unpaired) electrons. The average Bonchev–Trinajstić information content (AvgIpc) is 2.57. The van der Waals surface area contributed by atoms with E-state index in [1.54, 1.807) is 43.3 Å². The predicted molar refractivity (Wildman–Crippen MR) is 106 cm³/mol. The highest BCUT2D eigenvalue weighted by Gasteiger charge is 2.23. The van der Waals surface area contributed by atoms with Crippen LogP contribution in [0.4, 0.5) is 11.4 Å². The summed E-state index contributed by atoms with van der Waals surface area (Å²) in [5, 5.41) is 3.69. The van der Waals surface area contributed by atoms with E-state index in [1.807, 2.05) is 6.92 Å². The summed E-state index contributed by atoms with van der Waals surface area (Å²) < 4.78 is 34.1. The van der Waals surface area contributed by atoms with Gasteiger partial charge in [-0.2, -0.15) is 0 Å². The lowest BCUT2D eigenvalue weighted by atomic mass is 10.2. The lowest BCUT2D eigenvalue weighted by Crippen LogP contribution is -2.21. The molecule has 0 aliphatic rings. The van der Waals surface area contributed by atoms with Gasteiger partial charge in [-0.25, -0.2) is 13.2 Å². The second-order valence-corrected chi connectivity index (χ2v) is 8.25. The standard InChI is InChI=1S/C18H17BrN2O4S/c1-3-20-16-13-6-4-5-7-14(13)25-18(22)17(16)21-26(23,24)15-9-8-12(19)10-11(15)2/h4-10,20-21H,3H2,1-2H3. The third-order valence-electron chi connectivity index (χ3n) is 3.83. The van der Waals surface area contributed by atoms with Gasteiger partial charge >= 0.3 is 5.63 Å². The number of halogens is 1. The number of hydrogen-bond donors (Lipinski definition) is 2. The molecular weight excluding hydrogens is 420 g/mol. The smallest absolute Gasteiger partial charge is 0.363 e. The summed E-state index contributed by atoms with van der Waals surface area (Å²) in [4.78, 5) is 12.5. The molecule has 0 amide bonds. The Morgan fingerprint density at radius 2 is 1.85 bits per heavy atom. The molecule has 0 saturated carbocycles. The van der Waals surface area contributed by atoms with E-state index in [0.29, 0.717) is 28.8 Å². The second kappa shape index (κ2) is 7.13. The molecule has 136 valence electrons. The zero-order chi connectivity index (χ0) is 18.9. The first-order valence-electron chi connectivity index (χ1n) is 7.92. The van der Waals surface area contributed by atoms with Crippen molar-refractivity contribution >= 4 is 48.3 Å². The van der Waals surface area contributed by atoms with Crippen LogP contribution in [0, 0.1) is 6.92 Å². The van der Waals surface area contributed by atoms with Crippen LogP contribution in [0.1, 0.15) is 12.5 Å². The van der Waals surface area contributed by atoms with E-state index < -0.39 is 15.6 Å². The minimum Gasteiger partial charge on any atom is -0.421 e. The van der Waals surface area contributed by atoms with Crippen LogP contribution in [-0.4, -0.2) is 15.0 Å². The van der Waals surface area contributed by atoms with Gasteiger partial charge in [0.05, 0.1) is 10.6 Å². The van der Waals surface area contributed by atoms with Gasteiger partial charge in [-0.15, -0.1) is 0 Å². The fourth-order valence-electron chi connectivity index (χ4n) is 2.71. The van der Waals surface area contributed by atoms with E-state index >= 15 is 0 Å². The van der Waals surface area contributed by atoms with Crippen LogP contribution in [0.2, 0.25) is 0 Å². The molecule has 2 N–H and O–H groups in total. The number of fused-ring (bicyclic) bond motifs is 1. The number of nitrogens with one attached hydrogen (secondary N) is 2. The highest BCUT2D eigenvalue weighted by molar-refractivity contribution is 9.10. The Morgan fingerprint density at radius 1 is 1.12 bits per heavy atom. The summed E-state index contributed by atoms with van der Waals surface area (Å²) in [6.45, 7) is 4.06. The van der Waals surface area contributed by atoms with Gasteiger partial charge in [0.15, 0.2) is 5.69 Å². The summed E-state index contributed by atoms with van der Waals surface area (Å²) in [6.07, 6.45) is 0. The molecule has 0 unspecified atom stereocenters. The zero-order valence-corrected chi connectivity index (χ0v) is 16.6. The molecule has 26 heavy (non-hydrogen) atoms. The summed E-state index contributed by atoms with van der Waals surface area (Å²) in [7, 11) is -3.96. The van der Waals surface area contributed by atoms with Crippen molar-refractivity contribution in [2.75, 3.05) is 16.6 Å². The monoisotopic (exact) mass is 436 g/mol. The molecular formula is C18H17BrN2O4S. The molecule has 1 heterocycles. The molecule has 0 atom stereocenters. The topological polar surface area (TPSA) is 88.4 Å². The molecule has 0 bridgehead atoms. The first-order chi connectivity index (χ1) is 12.3. The van der Waals surface area contributed by atoms with Crippen molar-refractivity contribution in [2.24, 2.45) is 0 Å². The van der Waals surface area contributed by atoms with E-state index in [9.17, 15) is 13.2 Å². The van der Waals surface area contributed by atoms with E-state index in [4.69, 9.17) is 4.42 Å². The molecule has 0 aliphatic carbocycles. The largest absolute Gasteiger partial charge is 0.421 e. The summed E-state index contributed by atoms with van der Waals surface area (Å²) in [5.41, 5.74) is 0.460. The van der Waals surface area contributed by atoms with Crippen molar-refractivity contribution in [1.82, 2.24) is 0 Å². The number of hydrogen-bond acceptors (Lipinski definition) is 5. The highest BCUT2D eigenvalue weighted by atomic mass is 79.9. The van der Waals surface area contributed by atoms with Gasteiger partial charge in [0.1, 0.15) is 5.58 Å². The number of anilines is 2. The molecule has 6 nitrogen and oxygen atoms in total. The molecule has 3 aromatic rings.